The second-order valence-electron chi connectivity index (χ2n) is 8.45. The van der Waals surface area contributed by atoms with E-state index >= 15 is 0 Å². The summed E-state index contributed by atoms with van der Waals surface area (Å²) in [4.78, 5) is 32.5. The molecule has 5 nitrogen and oxygen atoms in total. The average Bonchev–Trinajstić information content (AvgIpc) is 2.78. The molecule has 1 aromatic carbocycles. The van der Waals surface area contributed by atoms with Crippen LogP contribution in [-0.4, -0.2) is 65.3 Å². The molecule has 4 rings (SSSR count). The Morgan fingerprint density at radius 2 is 1.68 bits per heavy atom. The lowest BCUT2D eigenvalue weighted by molar-refractivity contribution is -0.148. The summed E-state index contributed by atoms with van der Waals surface area (Å²) in [5.74, 6) is 0.186. The van der Waals surface area contributed by atoms with Gasteiger partial charge in [0.05, 0.1) is 0 Å². The molecule has 2 heterocycles. The number of piperazine rings is 1. The monoisotopic (exact) mass is 383 g/mol. The van der Waals surface area contributed by atoms with E-state index in [2.05, 4.69) is 11.0 Å². The molecule has 5 heteroatoms. The van der Waals surface area contributed by atoms with Crippen molar-refractivity contribution in [1.82, 2.24) is 14.7 Å². The molecule has 1 saturated heterocycles. The summed E-state index contributed by atoms with van der Waals surface area (Å²) in [7, 11) is 0. The summed E-state index contributed by atoms with van der Waals surface area (Å²) in [6.07, 6.45) is 7.96. The van der Waals surface area contributed by atoms with Crippen LogP contribution in [0, 0.1) is 0 Å². The normalized spacial score (nSPS) is 24.1. The Hall–Kier alpha value is -1.88. The summed E-state index contributed by atoms with van der Waals surface area (Å²) < 4.78 is 0. The van der Waals surface area contributed by atoms with Crippen LogP contribution in [0.4, 0.5) is 0 Å². The number of rotatable bonds is 3. The van der Waals surface area contributed by atoms with Crippen molar-refractivity contribution in [2.45, 2.75) is 64.0 Å². The molecule has 1 unspecified atom stereocenters. The maximum absolute atomic E-state index is 13.5. The standard InChI is InChI=1S/C23H33N3O2/c1-2-21(27)26-13-12-18-8-6-7-11-20(18)22(26)23(28)25-16-14-24(15-17-25)19-9-4-3-5-10-19/h6-8,11,19,22H,2-5,9-10,12-17H2,1H3. The van der Waals surface area contributed by atoms with E-state index in [4.69, 9.17) is 0 Å². The zero-order valence-electron chi connectivity index (χ0n) is 17.1. The Morgan fingerprint density at radius 1 is 0.964 bits per heavy atom. The van der Waals surface area contributed by atoms with Crippen LogP contribution < -0.4 is 0 Å². The van der Waals surface area contributed by atoms with Gasteiger partial charge in [-0.25, -0.2) is 0 Å². The van der Waals surface area contributed by atoms with E-state index in [1.54, 1.807) is 0 Å². The van der Waals surface area contributed by atoms with E-state index in [0.717, 1.165) is 38.2 Å². The minimum atomic E-state index is -0.446. The summed E-state index contributed by atoms with van der Waals surface area (Å²) in [6.45, 7) is 6.01. The van der Waals surface area contributed by atoms with Gasteiger partial charge in [-0.1, -0.05) is 50.5 Å². The van der Waals surface area contributed by atoms with Gasteiger partial charge >= 0.3 is 0 Å². The predicted octanol–water partition coefficient (Wildman–Crippen LogP) is 3.00. The molecule has 0 aromatic heterocycles. The predicted molar refractivity (Wildman–Crippen MR) is 110 cm³/mol. The maximum atomic E-state index is 13.5. The molecule has 1 atom stereocenters. The maximum Gasteiger partial charge on any atom is 0.250 e. The number of benzene rings is 1. The van der Waals surface area contributed by atoms with Crippen LogP contribution in [-0.2, 0) is 16.0 Å². The fraction of sp³-hybridized carbons (Fsp3) is 0.652. The van der Waals surface area contributed by atoms with Crippen molar-refractivity contribution in [3.8, 4) is 0 Å². The first kappa shape index (κ1) is 19.4. The molecular formula is C23H33N3O2. The van der Waals surface area contributed by atoms with Crippen LogP contribution >= 0.6 is 0 Å². The Labute approximate surface area is 168 Å². The molecule has 0 bridgehead atoms. The quantitative estimate of drug-likeness (QED) is 0.806. The third kappa shape index (κ3) is 3.82. The van der Waals surface area contributed by atoms with Crippen molar-refractivity contribution < 1.29 is 9.59 Å². The smallest absolute Gasteiger partial charge is 0.250 e. The highest BCUT2D eigenvalue weighted by Gasteiger charge is 2.38. The van der Waals surface area contributed by atoms with Crippen LogP contribution in [0.25, 0.3) is 0 Å². The Kier molecular flexibility index (Phi) is 6.00. The second-order valence-corrected chi connectivity index (χ2v) is 8.45. The number of hydrogen-bond donors (Lipinski definition) is 0. The van der Waals surface area contributed by atoms with Crippen molar-refractivity contribution in [2.24, 2.45) is 0 Å². The number of nitrogens with zero attached hydrogens (tertiary/aromatic N) is 3. The van der Waals surface area contributed by atoms with Gasteiger partial charge in [0, 0.05) is 45.2 Å². The lowest BCUT2D eigenvalue weighted by Gasteiger charge is -2.44. The van der Waals surface area contributed by atoms with Crippen molar-refractivity contribution in [3.63, 3.8) is 0 Å². The van der Waals surface area contributed by atoms with Gasteiger partial charge in [0.2, 0.25) is 11.8 Å². The number of amides is 2. The zero-order chi connectivity index (χ0) is 19.5. The molecule has 2 aliphatic heterocycles. The Bertz CT molecular complexity index is 706. The van der Waals surface area contributed by atoms with Crippen LogP contribution in [0.5, 0.6) is 0 Å². The third-order valence-electron chi connectivity index (χ3n) is 6.86. The first-order valence-electron chi connectivity index (χ1n) is 11.1. The largest absolute Gasteiger partial charge is 0.338 e. The lowest BCUT2D eigenvalue weighted by Crippen LogP contribution is -2.55. The fourth-order valence-electron chi connectivity index (χ4n) is 5.23. The van der Waals surface area contributed by atoms with Gasteiger partial charge in [0.15, 0.2) is 0 Å². The van der Waals surface area contributed by atoms with Crippen molar-refractivity contribution in [2.75, 3.05) is 32.7 Å². The van der Waals surface area contributed by atoms with Crippen LogP contribution in [0.15, 0.2) is 24.3 Å². The lowest BCUT2D eigenvalue weighted by atomic mass is 9.91. The molecule has 1 aromatic rings. The topological polar surface area (TPSA) is 43.9 Å². The van der Waals surface area contributed by atoms with Crippen molar-refractivity contribution in [3.05, 3.63) is 35.4 Å². The van der Waals surface area contributed by atoms with Crippen LogP contribution in [0.2, 0.25) is 0 Å². The third-order valence-corrected chi connectivity index (χ3v) is 6.86. The molecule has 28 heavy (non-hydrogen) atoms. The van der Waals surface area contributed by atoms with Gasteiger partial charge < -0.3 is 9.80 Å². The number of hydrogen-bond acceptors (Lipinski definition) is 3. The van der Waals surface area contributed by atoms with E-state index in [-0.39, 0.29) is 11.8 Å². The van der Waals surface area contributed by atoms with Gasteiger partial charge in [-0.05, 0) is 30.4 Å². The SMILES string of the molecule is CCC(=O)N1CCc2ccccc2C1C(=O)N1CCN(C2CCCCC2)CC1. The number of fused-ring (bicyclic) bond motifs is 1. The molecule has 152 valence electrons. The van der Waals surface area contributed by atoms with Gasteiger partial charge in [-0.3, -0.25) is 14.5 Å². The van der Waals surface area contributed by atoms with Crippen molar-refractivity contribution in [1.29, 1.82) is 0 Å². The molecular weight excluding hydrogens is 350 g/mol. The zero-order valence-corrected chi connectivity index (χ0v) is 17.1. The molecule has 2 amide bonds. The molecule has 0 N–H and O–H groups in total. The van der Waals surface area contributed by atoms with Gasteiger partial charge in [0.1, 0.15) is 6.04 Å². The molecule has 2 fully saturated rings. The molecule has 1 saturated carbocycles. The van der Waals surface area contributed by atoms with E-state index in [1.807, 2.05) is 34.9 Å². The Balaban J connectivity index is 1.48. The molecule has 0 radical (unpaired) electrons. The minimum Gasteiger partial charge on any atom is -0.338 e. The van der Waals surface area contributed by atoms with E-state index < -0.39 is 6.04 Å². The van der Waals surface area contributed by atoms with Crippen LogP contribution in [0.1, 0.15) is 62.6 Å². The number of carbonyl (C=O) groups is 2. The first-order valence-corrected chi connectivity index (χ1v) is 11.1. The average molecular weight is 384 g/mol. The number of carbonyl (C=O) groups excluding carboxylic acids is 2. The summed E-state index contributed by atoms with van der Waals surface area (Å²) in [6, 6.07) is 8.41. The first-order chi connectivity index (χ1) is 13.7. The second kappa shape index (κ2) is 8.64. The van der Waals surface area contributed by atoms with E-state index in [9.17, 15) is 9.59 Å². The fourth-order valence-corrected chi connectivity index (χ4v) is 5.23. The Morgan fingerprint density at radius 3 is 2.39 bits per heavy atom. The van der Waals surface area contributed by atoms with Gasteiger partial charge in [-0.15, -0.1) is 0 Å². The van der Waals surface area contributed by atoms with E-state index in [0.29, 0.717) is 19.0 Å². The van der Waals surface area contributed by atoms with Gasteiger partial charge in [-0.2, -0.15) is 0 Å². The minimum absolute atomic E-state index is 0.0775. The summed E-state index contributed by atoms with van der Waals surface area (Å²) >= 11 is 0. The van der Waals surface area contributed by atoms with Crippen molar-refractivity contribution >= 4 is 11.8 Å². The summed E-state index contributed by atoms with van der Waals surface area (Å²) in [5, 5.41) is 0. The van der Waals surface area contributed by atoms with Crippen LogP contribution in [0.3, 0.4) is 0 Å². The molecule has 3 aliphatic rings. The molecule has 0 spiro atoms. The highest BCUT2D eigenvalue weighted by Crippen LogP contribution is 2.32. The van der Waals surface area contributed by atoms with E-state index in [1.165, 1.54) is 37.7 Å². The molecule has 1 aliphatic carbocycles. The summed E-state index contributed by atoms with van der Waals surface area (Å²) in [5.41, 5.74) is 2.23. The highest BCUT2D eigenvalue weighted by molar-refractivity contribution is 5.89. The highest BCUT2D eigenvalue weighted by atomic mass is 16.2. The van der Waals surface area contributed by atoms with Gasteiger partial charge in [0.25, 0.3) is 0 Å².